The molecule has 0 bridgehead atoms. The summed E-state index contributed by atoms with van der Waals surface area (Å²) in [4.78, 5) is 13.1. The lowest BCUT2D eigenvalue weighted by atomic mass is 10.3. The van der Waals surface area contributed by atoms with E-state index >= 15 is 0 Å². The smallest absolute Gasteiger partial charge is 0.304 e. The minimum absolute atomic E-state index is 0.0876. The number of aliphatic hydroxyl groups excluding tert-OH is 1. The van der Waals surface area contributed by atoms with Gasteiger partial charge in [0.1, 0.15) is 0 Å². The SMILES string of the molecule is CCN(CC)c1sc([C@H](C)O)cc1[N+](=O)[O-]. The largest absolute Gasteiger partial charge is 0.388 e. The number of hydrogen-bond donors (Lipinski definition) is 1. The minimum atomic E-state index is -0.659. The molecule has 5 nitrogen and oxygen atoms in total. The van der Waals surface area contributed by atoms with Gasteiger partial charge in [-0.2, -0.15) is 0 Å². The van der Waals surface area contributed by atoms with Gasteiger partial charge in [-0.3, -0.25) is 10.1 Å². The van der Waals surface area contributed by atoms with Gasteiger partial charge in [-0.25, -0.2) is 0 Å². The van der Waals surface area contributed by atoms with Gasteiger partial charge in [0.25, 0.3) is 0 Å². The lowest BCUT2D eigenvalue weighted by molar-refractivity contribution is -0.383. The van der Waals surface area contributed by atoms with Crippen LogP contribution in [0.1, 0.15) is 31.8 Å². The van der Waals surface area contributed by atoms with E-state index in [1.807, 2.05) is 18.7 Å². The standard InChI is InChI=1S/C10H16N2O3S/c1-4-11(5-2)10-8(12(14)15)6-9(16-10)7(3)13/h6-7,13H,4-5H2,1-3H3/t7-/m0/s1. The summed E-state index contributed by atoms with van der Waals surface area (Å²) in [6.07, 6.45) is -0.659. The van der Waals surface area contributed by atoms with Gasteiger partial charge in [0.2, 0.25) is 0 Å². The highest BCUT2D eigenvalue weighted by molar-refractivity contribution is 7.16. The number of anilines is 1. The maximum Gasteiger partial charge on any atom is 0.304 e. The van der Waals surface area contributed by atoms with Crippen LogP contribution in [0.4, 0.5) is 10.7 Å². The van der Waals surface area contributed by atoms with Gasteiger partial charge in [-0.15, -0.1) is 11.3 Å². The van der Waals surface area contributed by atoms with E-state index in [0.717, 1.165) is 13.1 Å². The average Bonchev–Trinajstić information content (AvgIpc) is 2.64. The van der Waals surface area contributed by atoms with Crippen LogP contribution in [0.15, 0.2) is 6.07 Å². The first kappa shape index (κ1) is 12.9. The first-order chi connectivity index (χ1) is 7.51. The van der Waals surface area contributed by atoms with Crippen molar-refractivity contribution in [2.45, 2.75) is 26.9 Å². The molecule has 1 aromatic heterocycles. The molecule has 1 heterocycles. The highest BCUT2D eigenvalue weighted by Crippen LogP contribution is 2.39. The van der Waals surface area contributed by atoms with Gasteiger partial charge < -0.3 is 10.0 Å². The van der Waals surface area contributed by atoms with Crippen molar-refractivity contribution >= 4 is 22.0 Å². The molecule has 1 N–H and O–H groups in total. The monoisotopic (exact) mass is 244 g/mol. The summed E-state index contributed by atoms with van der Waals surface area (Å²) in [5.41, 5.74) is 0.0876. The molecule has 0 spiro atoms. The number of rotatable bonds is 5. The van der Waals surface area contributed by atoms with E-state index in [2.05, 4.69) is 0 Å². The topological polar surface area (TPSA) is 66.6 Å². The van der Waals surface area contributed by atoms with Crippen LogP contribution in [0.2, 0.25) is 0 Å². The maximum absolute atomic E-state index is 10.9. The first-order valence-electron chi connectivity index (χ1n) is 5.22. The molecule has 0 saturated carbocycles. The van der Waals surface area contributed by atoms with Crippen LogP contribution in [-0.4, -0.2) is 23.1 Å². The number of nitrogens with zero attached hydrogens (tertiary/aromatic N) is 2. The molecule has 1 aromatic rings. The Bertz CT molecular complexity index is 372. The highest BCUT2D eigenvalue weighted by atomic mass is 32.1. The molecule has 90 valence electrons. The predicted molar refractivity (Wildman–Crippen MR) is 65.2 cm³/mol. The first-order valence-corrected chi connectivity index (χ1v) is 6.04. The Hall–Kier alpha value is -1.14. The third-order valence-electron chi connectivity index (χ3n) is 2.37. The van der Waals surface area contributed by atoms with Gasteiger partial charge in [0, 0.05) is 24.0 Å². The fraction of sp³-hybridized carbons (Fsp3) is 0.600. The molecule has 0 aliphatic heterocycles. The van der Waals surface area contributed by atoms with E-state index in [0.29, 0.717) is 9.88 Å². The van der Waals surface area contributed by atoms with Gasteiger partial charge in [0.05, 0.1) is 11.0 Å². The third kappa shape index (κ3) is 2.51. The summed E-state index contributed by atoms with van der Waals surface area (Å²) in [6, 6.07) is 1.46. The predicted octanol–water partition coefficient (Wildman–Crippen LogP) is 2.56. The van der Waals surface area contributed by atoms with Crippen LogP contribution in [-0.2, 0) is 0 Å². The number of aliphatic hydroxyl groups is 1. The summed E-state index contributed by atoms with van der Waals surface area (Å²) in [7, 11) is 0. The summed E-state index contributed by atoms with van der Waals surface area (Å²) < 4.78 is 0. The second-order valence-electron chi connectivity index (χ2n) is 3.44. The molecule has 0 radical (unpaired) electrons. The zero-order chi connectivity index (χ0) is 12.3. The molecular weight excluding hydrogens is 228 g/mol. The van der Waals surface area contributed by atoms with Crippen molar-refractivity contribution in [3.63, 3.8) is 0 Å². The van der Waals surface area contributed by atoms with E-state index in [9.17, 15) is 15.2 Å². The van der Waals surface area contributed by atoms with Gasteiger partial charge in [-0.1, -0.05) is 0 Å². The summed E-state index contributed by atoms with van der Waals surface area (Å²) >= 11 is 1.29. The number of hydrogen-bond acceptors (Lipinski definition) is 5. The van der Waals surface area contributed by atoms with Crippen molar-refractivity contribution in [3.8, 4) is 0 Å². The summed E-state index contributed by atoms with van der Waals surface area (Å²) in [5, 5.41) is 21.0. The highest BCUT2D eigenvalue weighted by Gasteiger charge is 2.23. The second kappa shape index (κ2) is 5.27. The quantitative estimate of drug-likeness (QED) is 0.638. The molecule has 0 aliphatic rings. The number of thiophene rings is 1. The van der Waals surface area contributed by atoms with Crippen LogP contribution >= 0.6 is 11.3 Å². The molecule has 0 aliphatic carbocycles. The minimum Gasteiger partial charge on any atom is -0.388 e. The zero-order valence-electron chi connectivity index (χ0n) is 9.64. The van der Waals surface area contributed by atoms with E-state index in [-0.39, 0.29) is 5.69 Å². The summed E-state index contributed by atoms with van der Waals surface area (Å²) in [6.45, 7) is 6.96. The Balaban J connectivity index is 3.19. The Morgan fingerprint density at radius 3 is 2.50 bits per heavy atom. The molecule has 6 heteroatoms. The zero-order valence-corrected chi connectivity index (χ0v) is 10.5. The van der Waals surface area contributed by atoms with Crippen molar-refractivity contribution in [2.75, 3.05) is 18.0 Å². The Kier molecular flexibility index (Phi) is 4.26. The van der Waals surface area contributed by atoms with Gasteiger partial charge in [-0.05, 0) is 20.8 Å². The molecular formula is C10H16N2O3S. The van der Waals surface area contributed by atoms with Crippen LogP contribution in [0.3, 0.4) is 0 Å². The van der Waals surface area contributed by atoms with Crippen LogP contribution < -0.4 is 4.90 Å². The fourth-order valence-corrected chi connectivity index (χ4v) is 2.65. The van der Waals surface area contributed by atoms with Crippen molar-refractivity contribution < 1.29 is 10.0 Å². The molecule has 1 rings (SSSR count). The molecule has 0 amide bonds. The van der Waals surface area contributed by atoms with Crippen molar-refractivity contribution in [1.29, 1.82) is 0 Å². The van der Waals surface area contributed by atoms with Gasteiger partial charge >= 0.3 is 5.69 Å². The Morgan fingerprint density at radius 1 is 1.56 bits per heavy atom. The molecule has 0 unspecified atom stereocenters. The normalized spacial score (nSPS) is 12.5. The van der Waals surface area contributed by atoms with E-state index in [1.54, 1.807) is 6.92 Å². The van der Waals surface area contributed by atoms with E-state index < -0.39 is 11.0 Å². The average molecular weight is 244 g/mol. The molecule has 0 fully saturated rings. The fourth-order valence-electron chi connectivity index (χ4n) is 1.46. The Labute approximate surface area is 98.5 Å². The van der Waals surface area contributed by atoms with E-state index in [4.69, 9.17) is 0 Å². The second-order valence-corrected chi connectivity index (χ2v) is 4.51. The van der Waals surface area contributed by atoms with Gasteiger partial charge in [0.15, 0.2) is 5.00 Å². The molecule has 0 saturated heterocycles. The Morgan fingerprint density at radius 2 is 2.12 bits per heavy atom. The van der Waals surface area contributed by atoms with Crippen LogP contribution in [0, 0.1) is 10.1 Å². The van der Waals surface area contributed by atoms with Crippen LogP contribution in [0.25, 0.3) is 0 Å². The molecule has 0 aromatic carbocycles. The lowest BCUT2D eigenvalue weighted by Crippen LogP contribution is -2.21. The lowest BCUT2D eigenvalue weighted by Gasteiger charge is -2.17. The summed E-state index contributed by atoms with van der Waals surface area (Å²) in [5.74, 6) is 0. The maximum atomic E-state index is 10.9. The third-order valence-corrected chi connectivity index (χ3v) is 3.73. The van der Waals surface area contributed by atoms with Crippen molar-refractivity contribution in [3.05, 3.63) is 21.1 Å². The molecule has 16 heavy (non-hydrogen) atoms. The van der Waals surface area contributed by atoms with Crippen molar-refractivity contribution in [2.24, 2.45) is 0 Å². The van der Waals surface area contributed by atoms with Crippen LogP contribution in [0.5, 0.6) is 0 Å². The van der Waals surface area contributed by atoms with E-state index in [1.165, 1.54) is 17.4 Å². The molecule has 1 atom stereocenters. The number of nitro groups is 1. The van der Waals surface area contributed by atoms with Crippen molar-refractivity contribution in [1.82, 2.24) is 0 Å².